The molecule has 0 aliphatic heterocycles. The predicted molar refractivity (Wildman–Crippen MR) is 95.9 cm³/mol. The van der Waals surface area contributed by atoms with Gasteiger partial charge in [0.2, 0.25) is 20.0 Å². The third kappa shape index (κ3) is 7.76. The van der Waals surface area contributed by atoms with Crippen molar-refractivity contribution in [1.29, 1.82) is 0 Å². The molecule has 1 unspecified atom stereocenters. The number of aliphatic hydroxyl groups excluding tert-OH is 1. The van der Waals surface area contributed by atoms with Crippen molar-refractivity contribution in [2.24, 2.45) is 5.14 Å². The molecule has 0 bridgehead atoms. The first-order valence-electron chi connectivity index (χ1n) is 7.34. The molecule has 7 nitrogen and oxygen atoms in total. The van der Waals surface area contributed by atoms with Gasteiger partial charge >= 0.3 is 0 Å². The van der Waals surface area contributed by atoms with Crippen LogP contribution in [-0.4, -0.2) is 34.6 Å². The second-order valence-corrected chi connectivity index (χ2v) is 8.70. The summed E-state index contributed by atoms with van der Waals surface area (Å²) in [6.07, 6.45) is -0.687. The van der Waals surface area contributed by atoms with Crippen molar-refractivity contribution in [2.75, 3.05) is 6.54 Å². The average molecular weight is 386 g/mol. The standard InChI is InChI=1S/C9H13NO3S.C7H9NO2S/c1-8(11)7-10-14(12,13)9-5-3-2-4-6-9;1-6-2-4-7(5-3-6)11(8,9)10/h2-6,8,10-11H,7H2,1H3;2-5H,1H3,(H2,8,9,10). The van der Waals surface area contributed by atoms with Crippen LogP contribution in [0, 0.1) is 6.92 Å². The molecule has 0 amide bonds. The Morgan fingerprint density at radius 2 is 1.48 bits per heavy atom. The molecule has 0 radical (unpaired) electrons. The third-order valence-electron chi connectivity index (χ3n) is 2.97. The van der Waals surface area contributed by atoms with Gasteiger partial charge in [0.1, 0.15) is 0 Å². The molecule has 0 heterocycles. The quantitative estimate of drug-likeness (QED) is 0.706. The van der Waals surface area contributed by atoms with Crippen LogP contribution in [0.3, 0.4) is 0 Å². The largest absolute Gasteiger partial charge is 0.392 e. The molecule has 9 heteroatoms. The van der Waals surface area contributed by atoms with E-state index in [1.807, 2.05) is 6.92 Å². The highest BCUT2D eigenvalue weighted by Crippen LogP contribution is 2.07. The second kappa shape index (κ2) is 9.07. The van der Waals surface area contributed by atoms with Crippen LogP contribution in [0.4, 0.5) is 0 Å². The maximum atomic E-state index is 11.5. The highest BCUT2D eigenvalue weighted by Gasteiger charge is 2.13. The summed E-state index contributed by atoms with van der Waals surface area (Å²) in [5.74, 6) is 0. The van der Waals surface area contributed by atoms with Crippen LogP contribution in [0.25, 0.3) is 0 Å². The van der Waals surface area contributed by atoms with E-state index in [0.29, 0.717) is 0 Å². The summed E-state index contributed by atoms with van der Waals surface area (Å²) in [7, 11) is -6.98. The maximum Gasteiger partial charge on any atom is 0.240 e. The number of nitrogens with one attached hydrogen (secondary N) is 1. The van der Waals surface area contributed by atoms with Gasteiger partial charge in [0.25, 0.3) is 0 Å². The van der Waals surface area contributed by atoms with E-state index in [4.69, 9.17) is 10.2 Å². The smallest absolute Gasteiger partial charge is 0.240 e. The van der Waals surface area contributed by atoms with E-state index in [1.165, 1.54) is 31.2 Å². The lowest BCUT2D eigenvalue weighted by Crippen LogP contribution is -2.30. The molecule has 25 heavy (non-hydrogen) atoms. The zero-order valence-corrected chi connectivity index (χ0v) is 15.6. The maximum absolute atomic E-state index is 11.5. The number of rotatable bonds is 5. The first kappa shape index (κ1) is 21.3. The zero-order valence-electron chi connectivity index (χ0n) is 14.0. The Morgan fingerprint density at radius 1 is 0.960 bits per heavy atom. The molecule has 0 aromatic heterocycles. The lowest BCUT2D eigenvalue weighted by molar-refractivity contribution is 0.198. The Hall–Kier alpha value is -1.78. The fourth-order valence-electron chi connectivity index (χ4n) is 1.64. The topological polar surface area (TPSA) is 127 Å². The molecule has 138 valence electrons. The van der Waals surface area contributed by atoms with Crippen molar-refractivity contribution in [1.82, 2.24) is 4.72 Å². The van der Waals surface area contributed by atoms with Crippen molar-refractivity contribution in [2.45, 2.75) is 29.7 Å². The van der Waals surface area contributed by atoms with Gasteiger partial charge in [-0.05, 0) is 38.1 Å². The molecule has 2 aromatic carbocycles. The molecule has 0 saturated carbocycles. The summed E-state index contributed by atoms with van der Waals surface area (Å²) >= 11 is 0. The second-order valence-electron chi connectivity index (χ2n) is 5.37. The Bertz CT molecular complexity index is 863. The van der Waals surface area contributed by atoms with Gasteiger partial charge < -0.3 is 5.11 Å². The van der Waals surface area contributed by atoms with E-state index in [2.05, 4.69) is 4.72 Å². The minimum absolute atomic E-state index is 0.0250. The highest BCUT2D eigenvalue weighted by molar-refractivity contribution is 7.89. The Balaban J connectivity index is 0.000000257. The molecule has 2 aromatic rings. The van der Waals surface area contributed by atoms with Crippen molar-refractivity contribution in [3.8, 4) is 0 Å². The van der Waals surface area contributed by atoms with Crippen LogP contribution < -0.4 is 9.86 Å². The van der Waals surface area contributed by atoms with E-state index >= 15 is 0 Å². The van der Waals surface area contributed by atoms with Gasteiger partial charge in [-0.2, -0.15) is 0 Å². The van der Waals surface area contributed by atoms with Crippen LogP contribution in [-0.2, 0) is 20.0 Å². The lowest BCUT2D eigenvalue weighted by Gasteiger charge is -2.07. The summed E-state index contributed by atoms with van der Waals surface area (Å²) in [4.78, 5) is 0.365. The number of hydrogen-bond donors (Lipinski definition) is 3. The summed E-state index contributed by atoms with van der Waals surface area (Å²) in [6.45, 7) is 3.43. The molecule has 4 N–H and O–H groups in total. The fraction of sp³-hybridized carbons (Fsp3) is 0.250. The van der Waals surface area contributed by atoms with Crippen LogP contribution in [0.1, 0.15) is 12.5 Å². The summed E-state index contributed by atoms with van der Waals surface area (Å²) in [6, 6.07) is 14.4. The van der Waals surface area contributed by atoms with Crippen molar-refractivity contribution in [3.05, 3.63) is 60.2 Å². The number of sulfonamides is 2. The van der Waals surface area contributed by atoms with Gasteiger partial charge in [0.05, 0.1) is 15.9 Å². The van der Waals surface area contributed by atoms with E-state index < -0.39 is 26.2 Å². The molecule has 0 saturated heterocycles. The van der Waals surface area contributed by atoms with Gasteiger partial charge in [-0.1, -0.05) is 35.9 Å². The molecule has 1 atom stereocenters. The Kier molecular flexibility index (Phi) is 7.71. The van der Waals surface area contributed by atoms with E-state index in [9.17, 15) is 16.8 Å². The summed E-state index contributed by atoms with van der Waals surface area (Å²) < 4.78 is 46.8. The van der Waals surface area contributed by atoms with Gasteiger partial charge in [0, 0.05) is 6.54 Å². The number of nitrogens with two attached hydrogens (primary N) is 1. The number of aryl methyl sites for hydroxylation is 1. The number of primary sulfonamides is 1. The van der Waals surface area contributed by atoms with Crippen LogP contribution in [0.15, 0.2) is 64.4 Å². The molecule has 0 spiro atoms. The van der Waals surface area contributed by atoms with Crippen LogP contribution in [0.5, 0.6) is 0 Å². The molecular formula is C16H22N2O5S2. The van der Waals surface area contributed by atoms with Crippen LogP contribution >= 0.6 is 0 Å². The zero-order chi connectivity index (χ0) is 19.1. The highest BCUT2D eigenvalue weighted by atomic mass is 32.2. The number of benzene rings is 2. The van der Waals surface area contributed by atoms with Crippen molar-refractivity contribution in [3.63, 3.8) is 0 Å². The predicted octanol–water partition coefficient (Wildman–Crippen LogP) is 0.988. The average Bonchev–Trinajstić information content (AvgIpc) is 2.54. The van der Waals surface area contributed by atoms with Gasteiger partial charge in [-0.25, -0.2) is 26.7 Å². The summed E-state index contributed by atoms with van der Waals surface area (Å²) in [5.41, 5.74) is 1.01. The fourth-order valence-corrected chi connectivity index (χ4v) is 3.30. The van der Waals surface area contributed by atoms with Gasteiger partial charge in [-0.3, -0.25) is 0 Å². The van der Waals surface area contributed by atoms with Gasteiger partial charge in [0.15, 0.2) is 0 Å². The monoisotopic (exact) mass is 386 g/mol. The summed E-state index contributed by atoms with van der Waals surface area (Å²) in [5, 5.41) is 13.8. The minimum atomic E-state index is -3.52. The van der Waals surface area contributed by atoms with Crippen molar-refractivity contribution < 1.29 is 21.9 Å². The minimum Gasteiger partial charge on any atom is -0.392 e. The molecule has 0 fully saturated rings. The SMILES string of the molecule is CC(O)CNS(=O)(=O)c1ccccc1.Cc1ccc(S(N)(=O)=O)cc1. The van der Waals surface area contributed by atoms with Gasteiger partial charge in [-0.15, -0.1) is 0 Å². The van der Waals surface area contributed by atoms with Crippen LogP contribution in [0.2, 0.25) is 0 Å². The number of aliphatic hydroxyl groups is 1. The lowest BCUT2D eigenvalue weighted by atomic mass is 10.2. The van der Waals surface area contributed by atoms with Crippen molar-refractivity contribution >= 4 is 20.0 Å². The normalized spacial score (nSPS) is 12.8. The number of hydrogen-bond acceptors (Lipinski definition) is 5. The molecular weight excluding hydrogens is 364 g/mol. The third-order valence-corrected chi connectivity index (χ3v) is 5.34. The molecule has 0 aliphatic rings. The Labute approximate surface area is 148 Å². The van der Waals surface area contributed by atoms with E-state index in [1.54, 1.807) is 30.3 Å². The Morgan fingerprint density at radius 3 is 1.92 bits per heavy atom. The first-order valence-corrected chi connectivity index (χ1v) is 10.4. The molecule has 2 rings (SSSR count). The van der Waals surface area contributed by atoms with E-state index in [0.717, 1.165) is 5.56 Å². The molecule has 0 aliphatic carbocycles. The first-order chi connectivity index (χ1) is 11.5. The van der Waals surface area contributed by atoms with E-state index in [-0.39, 0.29) is 16.3 Å².